The average Bonchev–Trinajstić information content (AvgIpc) is 3.17. The fraction of sp³-hybridized carbons (Fsp3) is 0.556. The number of benzene rings is 1. The topological polar surface area (TPSA) is 38.2 Å². The first kappa shape index (κ1) is 16.0. The molecule has 4 nitrogen and oxygen atoms in total. The molecule has 0 spiro atoms. The monoisotopic (exact) mass is 347 g/mol. The smallest absolute Gasteiger partial charge is 0.208 e. The largest absolute Gasteiger partial charge is 0.377 e. The lowest BCUT2D eigenvalue weighted by Gasteiger charge is -2.57. The van der Waals surface area contributed by atoms with Crippen LogP contribution in [0.5, 0.6) is 0 Å². The van der Waals surface area contributed by atoms with E-state index in [1.807, 2.05) is 0 Å². The van der Waals surface area contributed by atoms with E-state index >= 15 is 0 Å². The van der Waals surface area contributed by atoms with Crippen molar-refractivity contribution < 1.29 is 9.13 Å². The van der Waals surface area contributed by atoms with Gasteiger partial charge >= 0.3 is 0 Å². The van der Waals surface area contributed by atoms with Crippen LogP contribution in [0.1, 0.15) is 30.8 Å². The molecule has 3 unspecified atom stereocenters. The number of nitrogens with zero attached hydrogens (tertiary/aromatic N) is 3. The van der Waals surface area contributed by atoms with Gasteiger partial charge in [-0.25, -0.2) is 4.39 Å². The van der Waals surface area contributed by atoms with E-state index in [2.05, 4.69) is 36.0 Å². The number of rotatable bonds is 4. The number of hydrogen-bond acceptors (Lipinski definition) is 5. The predicted molar refractivity (Wildman–Crippen MR) is 92.9 cm³/mol. The van der Waals surface area contributed by atoms with Crippen molar-refractivity contribution >= 4 is 16.5 Å². The van der Waals surface area contributed by atoms with Crippen LogP contribution in [0.4, 0.5) is 9.52 Å². The summed E-state index contributed by atoms with van der Waals surface area (Å²) in [5.74, 6) is 0.381. The summed E-state index contributed by atoms with van der Waals surface area (Å²) in [6.07, 6.45) is 2.19. The van der Waals surface area contributed by atoms with E-state index in [1.54, 1.807) is 23.5 Å². The van der Waals surface area contributed by atoms with Gasteiger partial charge in [0.1, 0.15) is 10.8 Å². The molecular weight excluding hydrogens is 325 g/mol. The second kappa shape index (κ2) is 5.77. The van der Waals surface area contributed by atoms with Gasteiger partial charge in [-0.15, -0.1) is 10.2 Å². The van der Waals surface area contributed by atoms with Gasteiger partial charge in [0, 0.05) is 37.5 Å². The molecule has 1 saturated carbocycles. The van der Waals surface area contributed by atoms with Crippen LogP contribution in [0.3, 0.4) is 0 Å². The maximum Gasteiger partial charge on any atom is 0.208 e. The summed E-state index contributed by atoms with van der Waals surface area (Å²) in [5.41, 5.74) is 1.19. The van der Waals surface area contributed by atoms with Gasteiger partial charge in [-0.3, -0.25) is 0 Å². The molecule has 1 aromatic heterocycles. The SMILES string of the molecule is CN(c1nnc(Cc2ccc(F)cc2)s1)C1C2CCOC2C1(C)C. The zero-order chi connectivity index (χ0) is 16.9. The molecule has 0 amide bonds. The Morgan fingerprint density at radius 2 is 2.04 bits per heavy atom. The molecule has 1 aliphatic carbocycles. The summed E-state index contributed by atoms with van der Waals surface area (Å²) >= 11 is 1.62. The van der Waals surface area contributed by atoms with Gasteiger partial charge in [0.2, 0.25) is 5.13 Å². The van der Waals surface area contributed by atoms with Crippen LogP contribution in [-0.4, -0.2) is 36.0 Å². The molecule has 3 atom stereocenters. The molecule has 2 aromatic rings. The molecule has 1 aliphatic heterocycles. The fourth-order valence-corrected chi connectivity index (χ4v) is 5.31. The average molecular weight is 347 g/mol. The van der Waals surface area contributed by atoms with E-state index in [0.717, 1.165) is 28.7 Å². The Morgan fingerprint density at radius 1 is 1.29 bits per heavy atom. The Labute approximate surface area is 145 Å². The lowest BCUT2D eigenvalue weighted by Crippen LogP contribution is -2.66. The van der Waals surface area contributed by atoms with Crippen molar-refractivity contribution in [3.8, 4) is 0 Å². The van der Waals surface area contributed by atoms with Gasteiger partial charge in [-0.2, -0.15) is 0 Å². The number of ether oxygens (including phenoxy) is 1. The van der Waals surface area contributed by atoms with Crippen molar-refractivity contribution in [3.63, 3.8) is 0 Å². The van der Waals surface area contributed by atoms with Gasteiger partial charge in [-0.1, -0.05) is 37.3 Å². The summed E-state index contributed by atoms with van der Waals surface area (Å²) in [6, 6.07) is 7.02. The maximum absolute atomic E-state index is 13.0. The van der Waals surface area contributed by atoms with Crippen LogP contribution in [-0.2, 0) is 11.2 Å². The minimum atomic E-state index is -0.211. The first-order valence-corrected chi connectivity index (χ1v) is 9.20. The zero-order valence-corrected chi connectivity index (χ0v) is 15.0. The van der Waals surface area contributed by atoms with E-state index in [-0.39, 0.29) is 11.2 Å². The summed E-state index contributed by atoms with van der Waals surface area (Å²) < 4.78 is 18.9. The fourth-order valence-electron chi connectivity index (χ4n) is 4.44. The molecule has 2 fully saturated rings. The molecule has 24 heavy (non-hydrogen) atoms. The lowest BCUT2D eigenvalue weighted by molar-refractivity contribution is -0.101. The standard InChI is InChI=1S/C18H22FN3OS/c1-18(2)15(13-8-9-23-16(13)18)22(3)17-21-20-14(24-17)10-11-4-6-12(19)7-5-11/h4-7,13,15-16H,8-10H2,1-3H3. The van der Waals surface area contributed by atoms with Gasteiger partial charge < -0.3 is 9.64 Å². The molecule has 2 aliphatic rings. The molecular formula is C18H22FN3OS. The third-order valence-electron chi connectivity index (χ3n) is 5.48. The quantitative estimate of drug-likeness (QED) is 0.848. The van der Waals surface area contributed by atoms with Crippen molar-refractivity contribution in [2.24, 2.45) is 11.3 Å². The molecule has 2 heterocycles. The van der Waals surface area contributed by atoms with Crippen LogP contribution in [0.25, 0.3) is 0 Å². The first-order chi connectivity index (χ1) is 11.5. The molecule has 4 rings (SSSR count). The number of anilines is 1. The second-order valence-corrected chi connectivity index (χ2v) is 8.44. The second-order valence-electron chi connectivity index (χ2n) is 7.40. The van der Waals surface area contributed by atoms with Crippen LogP contribution >= 0.6 is 11.3 Å². The van der Waals surface area contributed by atoms with Crippen molar-refractivity contribution in [2.75, 3.05) is 18.6 Å². The Balaban J connectivity index is 1.49. The molecule has 0 radical (unpaired) electrons. The highest BCUT2D eigenvalue weighted by Crippen LogP contribution is 2.55. The zero-order valence-electron chi connectivity index (χ0n) is 14.2. The lowest BCUT2D eigenvalue weighted by atomic mass is 9.57. The third-order valence-corrected chi connectivity index (χ3v) is 6.50. The highest BCUT2D eigenvalue weighted by atomic mass is 32.1. The minimum absolute atomic E-state index is 0.138. The van der Waals surface area contributed by atoms with Crippen LogP contribution in [0, 0.1) is 17.2 Å². The highest BCUT2D eigenvalue weighted by Gasteiger charge is 2.61. The van der Waals surface area contributed by atoms with Crippen molar-refractivity contribution in [2.45, 2.75) is 38.8 Å². The number of fused-ring (bicyclic) bond motifs is 1. The van der Waals surface area contributed by atoms with Gasteiger partial charge in [0.15, 0.2) is 0 Å². The van der Waals surface area contributed by atoms with E-state index in [0.29, 0.717) is 24.5 Å². The van der Waals surface area contributed by atoms with Crippen molar-refractivity contribution in [1.29, 1.82) is 0 Å². The third kappa shape index (κ3) is 2.52. The number of hydrogen-bond donors (Lipinski definition) is 0. The van der Waals surface area contributed by atoms with Gasteiger partial charge in [0.05, 0.1) is 6.10 Å². The van der Waals surface area contributed by atoms with E-state index < -0.39 is 0 Å². The molecule has 1 aromatic carbocycles. The van der Waals surface area contributed by atoms with Gasteiger partial charge in [0.25, 0.3) is 0 Å². The van der Waals surface area contributed by atoms with Crippen molar-refractivity contribution in [1.82, 2.24) is 10.2 Å². The van der Waals surface area contributed by atoms with Crippen LogP contribution < -0.4 is 4.90 Å². The number of halogens is 1. The van der Waals surface area contributed by atoms with E-state index in [4.69, 9.17) is 4.74 Å². The van der Waals surface area contributed by atoms with Crippen LogP contribution in [0.15, 0.2) is 24.3 Å². The van der Waals surface area contributed by atoms with Gasteiger partial charge in [-0.05, 0) is 24.1 Å². The molecule has 6 heteroatoms. The van der Waals surface area contributed by atoms with E-state index in [1.165, 1.54) is 12.1 Å². The molecule has 0 N–H and O–H groups in total. The minimum Gasteiger partial charge on any atom is -0.377 e. The predicted octanol–water partition coefficient (Wildman–Crippen LogP) is 3.52. The van der Waals surface area contributed by atoms with E-state index in [9.17, 15) is 4.39 Å². The molecule has 128 valence electrons. The maximum atomic E-state index is 13.0. The normalized spacial score (nSPS) is 27.6. The Bertz CT molecular complexity index is 730. The first-order valence-electron chi connectivity index (χ1n) is 8.38. The summed E-state index contributed by atoms with van der Waals surface area (Å²) in [5, 5.41) is 10.6. The summed E-state index contributed by atoms with van der Waals surface area (Å²) in [4.78, 5) is 2.28. The summed E-state index contributed by atoms with van der Waals surface area (Å²) in [7, 11) is 2.11. The Morgan fingerprint density at radius 3 is 2.79 bits per heavy atom. The molecule has 1 saturated heterocycles. The number of aromatic nitrogens is 2. The summed E-state index contributed by atoms with van der Waals surface area (Å²) in [6.45, 7) is 5.43. The van der Waals surface area contributed by atoms with Crippen molar-refractivity contribution in [3.05, 3.63) is 40.7 Å². The Hall–Kier alpha value is -1.53. The molecule has 0 bridgehead atoms. The van der Waals surface area contributed by atoms with Crippen LogP contribution in [0.2, 0.25) is 0 Å². The Kier molecular flexibility index (Phi) is 3.84. The highest BCUT2D eigenvalue weighted by molar-refractivity contribution is 7.15.